The normalized spacial score (nSPS) is 22.1. The number of aliphatic hydroxyl groups is 1. The number of ether oxygens (including phenoxy) is 1. The number of aliphatic hydroxyl groups excluding tert-OH is 1. The Kier molecular flexibility index (Phi) is 8.94. The highest BCUT2D eigenvalue weighted by atomic mass is 32.2. The third kappa shape index (κ3) is 5.98. The molecular weight excluding hydrogens is 711 g/mol. The molecule has 4 N–H and O–H groups in total. The SMILES string of the molecule is CC(C)[C@H](O)C(=O)CC1Cc2ccc3c(c2)C2(c4ccccc4N[C@H]2O3)c2oc(nc2-c2nc(CNS(=O)(=O)c3ccccc3)co2)[C@H](C(C)C)NC1=O. The summed E-state index contributed by atoms with van der Waals surface area (Å²) in [4.78, 5) is 37.2. The van der Waals surface area contributed by atoms with Crippen LogP contribution in [0.2, 0.25) is 0 Å². The van der Waals surface area contributed by atoms with Crippen LogP contribution < -0.4 is 20.1 Å². The number of hydrogen-bond donors (Lipinski definition) is 4. The maximum Gasteiger partial charge on any atom is 0.249 e. The summed E-state index contributed by atoms with van der Waals surface area (Å²) in [5.41, 5.74) is 2.73. The number of rotatable bonds is 10. The van der Waals surface area contributed by atoms with E-state index < -0.39 is 45.5 Å². The van der Waals surface area contributed by atoms with E-state index in [9.17, 15) is 23.1 Å². The molecule has 5 aromatic rings. The van der Waals surface area contributed by atoms with Crippen LogP contribution in [-0.2, 0) is 38.0 Å². The zero-order valence-electron chi connectivity index (χ0n) is 30.2. The number of carbonyl (C=O) groups is 2. The minimum Gasteiger partial charge on any atom is -0.469 e. The number of hydrogen-bond acceptors (Lipinski definition) is 11. The van der Waals surface area contributed by atoms with E-state index >= 15 is 0 Å². The largest absolute Gasteiger partial charge is 0.469 e. The molecule has 13 nitrogen and oxygen atoms in total. The van der Waals surface area contributed by atoms with Crippen LogP contribution in [0.5, 0.6) is 5.75 Å². The quantitative estimate of drug-likeness (QED) is 0.146. The second-order valence-electron chi connectivity index (χ2n) is 14.8. The first-order valence-electron chi connectivity index (χ1n) is 18.0. The standard InChI is InChI=1S/C40H41N5O8S/c1-21(2)32-38-45-33(37-42-25(20-51-37)19-41-54(49,50)26-10-6-5-7-11-26)35(53-38)40-27-12-8-9-13-29(27)43-39(40)52-31-15-14-23(17-28(31)40)16-24(36(48)44-32)18-30(46)34(47)22(3)4/h5-15,17,20-22,24,32,34,39,41,43,47H,16,18-19H2,1-4H3,(H,44,48)/t24?,32-,34-,39-,40?/m0/s1. The van der Waals surface area contributed by atoms with E-state index in [0.29, 0.717) is 17.2 Å². The minimum absolute atomic E-state index is 0.0888. The number of fused-ring (bicyclic) bond motifs is 4. The van der Waals surface area contributed by atoms with Gasteiger partial charge in [0.15, 0.2) is 23.5 Å². The lowest BCUT2D eigenvalue weighted by molar-refractivity contribution is -0.135. The Morgan fingerprint density at radius 1 is 1.00 bits per heavy atom. The molecule has 1 amide bonds. The van der Waals surface area contributed by atoms with Crippen LogP contribution in [0.3, 0.4) is 0 Å². The number of Topliss-reactive ketones (excluding diaryl/α,β-unsaturated/α-hetero) is 1. The molecule has 1 spiro atoms. The lowest BCUT2D eigenvalue weighted by atomic mass is 9.72. The zero-order valence-corrected chi connectivity index (χ0v) is 31.0. The summed E-state index contributed by atoms with van der Waals surface area (Å²) in [6.45, 7) is 7.24. The van der Waals surface area contributed by atoms with Crippen molar-refractivity contribution in [2.45, 2.75) is 75.8 Å². The van der Waals surface area contributed by atoms with Gasteiger partial charge < -0.3 is 29.3 Å². The molecule has 0 aliphatic carbocycles. The van der Waals surface area contributed by atoms with Gasteiger partial charge in [-0.05, 0) is 53.6 Å². The van der Waals surface area contributed by atoms with Gasteiger partial charge in [-0.3, -0.25) is 9.59 Å². The van der Waals surface area contributed by atoms with Crippen molar-refractivity contribution in [3.63, 3.8) is 0 Å². The fourth-order valence-corrected chi connectivity index (χ4v) is 8.67. The number of carbonyl (C=O) groups excluding carboxylic acids is 2. The Balaban J connectivity index is 1.28. The molecule has 280 valence electrons. The lowest BCUT2D eigenvalue weighted by Gasteiger charge is -2.28. The third-order valence-corrected chi connectivity index (χ3v) is 11.9. The number of anilines is 1. The Morgan fingerprint density at radius 3 is 2.52 bits per heavy atom. The van der Waals surface area contributed by atoms with Crippen LogP contribution in [0.25, 0.3) is 11.6 Å². The lowest BCUT2D eigenvalue weighted by Crippen LogP contribution is -2.41. The number of amides is 1. The highest BCUT2D eigenvalue weighted by Crippen LogP contribution is 2.59. The summed E-state index contributed by atoms with van der Waals surface area (Å²) in [5, 5.41) is 17.3. The van der Waals surface area contributed by atoms with Crippen molar-refractivity contribution in [2.24, 2.45) is 17.8 Å². The second kappa shape index (κ2) is 13.5. The molecule has 0 fully saturated rings. The number of nitrogens with one attached hydrogen (secondary N) is 3. The van der Waals surface area contributed by atoms with E-state index in [1.807, 2.05) is 56.3 Å². The van der Waals surface area contributed by atoms with Gasteiger partial charge in [-0.2, -0.15) is 0 Å². The molecule has 2 unspecified atom stereocenters. The topological polar surface area (TPSA) is 186 Å². The summed E-state index contributed by atoms with van der Waals surface area (Å²) in [5.74, 6) is -0.825. The van der Waals surface area contributed by atoms with Gasteiger partial charge in [0.1, 0.15) is 29.6 Å². The fraction of sp³-hybridized carbons (Fsp3) is 0.350. The Morgan fingerprint density at radius 2 is 1.76 bits per heavy atom. The van der Waals surface area contributed by atoms with Crippen LogP contribution in [0.15, 0.2) is 92.8 Å². The number of aromatic nitrogens is 2. The Bertz CT molecular complexity index is 2350. The maximum atomic E-state index is 14.2. The first kappa shape index (κ1) is 35.7. The molecule has 3 aliphatic rings. The van der Waals surface area contributed by atoms with Crippen molar-refractivity contribution < 1.29 is 36.7 Å². The van der Waals surface area contributed by atoms with Crippen LogP contribution in [0.4, 0.5) is 5.69 Å². The van der Waals surface area contributed by atoms with Gasteiger partial charge in [-0.25, -0.2) is 23.1 Å². The highest BCUT2D eigenvalue weighted by molar-refractivity contribution is 7.89. The average Bonchev–Trinajstić information content (AvgIpc) is 3.93. The molecule has 54 heavy (non-hydrogen) atoms. The molecular formula is C40H41N5O8S. The molecule has 2 aromatic heterocycles. The number of sulfonamides is 1. The second-order valence-corrected chi connectivity index (χ2v) is 16.6. The van der Waals surface area contributed by atoms with Gasteiger partial charge >= 0.3 is 0 Å². The van der Waals surface area contributed by atoms with Crippen molar-refractivity contribution in [1.82, 2.24) is 20.0 Å². The number of benzene rings is 3. The average molecular weight is 752 g/mol. The summed E-state index contributed by atoms with van der Waals surface area (Å²) in [6.07, 6.45) is -0.415. The minimum atomic E-state index is -3.83. The van der Waals surface area contributed by atoms with E-state index in [2.05, 4.69) is 20.3 Å². The van der Waals surface area contributed by atoms with Crippen molar-refractivity contribution in [2.75, 3.05) is 5.32 Å². The van der Waals surface area contributed by atoms with Gasteiger partial charge in [0.25, 0.3) is 0 Å². The number of para-hydroxylation sites is 1. The Labute approximate surface area is 312 Å². The van der Waals surface area contributed by atoms with E-state index in [1.165, 1.54) is 18.4 Å². The van der Waals surface area contributed by atoms with Crippen molar-refractivity contribution >= 4 is 27.4 Å². The molecule has 8 rings (SSSR count). The molecule has 14 heteroatoms. The molecule has 0 saturated carbocycles. The molecule has 5 heterocycles. The molecule has 5 atom stereocenters. The van der Waals surface area contributed by atoms with Gasteiger partial charge in [-0.15, -0.1) is 0 Å². The van der Waals surface area contributed by atoms with Crippen LogP contribution >= 0.6 is 0 Å². The van der Waals surface area contributed by atoms with Crippen molar-refractivity contribution in [3.8, 4) is 17.3 Å². The zero-order chi connectivity index (χ0) is 37.9. The molecule has 4 bridgehead atoms. The summed E-state index contributed by atoms with van der Waals surface area (Å²) < 4.78 is 48.1. The van der Waals surface area contributed by atoms with Crippen LogP contribution in [0, 0.1) is 17.8 Å². The maximum absolute atomic E-state index is 14.2. The van der Waals surface area contributed by atoms with E-state index in [1.54, 1.807) is 32.0 Å². The van der Waals surface area contributed by atoms with Gasteiger partial charge in [-0.1, -0.05) is 76.2 Å². The highest BCUT2D eigenvalue weighted by Gasteiger charge is 2.61. The number of oxazole rings is 2. The smallest absolute Gasteiger partial charge is 0.249 e. The monoisotopic (exact) mass is 751 g/mol. The van der Waals surface area contributed by atoms with Gasteiger partial charge in [0, 0.05) is 23.6 Å². The number of nitrogens with zero attached hydrogens (tertiary/aromatic N) is 2. The summed E-state index contributed by atoms with van der Waals surface area (Å²) in [6, 6.07) is 20.9. The van der Waals surface area contributed by atoms with Crippen LogP contribution in [-0.4, -0.2) is 47.5 Å². The molecule has 0 saturated heterocycles. The van der Waals surface area contributed by atoms with E-state index in [0.717, 1.165) is 22.4 Å². The summed E-state index contributed by atoms with van der Waals surface area (Å²) in [7, 11) is -3.83. The molecule has 3 aliphatic heterocycles. The van der Waals surface area contributed by atoms with E-state index in [-0.39, 0.29) is 59.5 Å². The van der Waals surface area contributed by atoms with Gasteiger partial charge in [0.2, 0.25) is 27.7 Å². The Hall–Kier alpha value is -5.31. The fourth-order valence-electron chi connectivity index (χ4n) is 7.65. The number of ketones is 1. The predicted octanol–water partition coefficient (Wildman–Crippen LogP) is 5.25. The van der Waals surface area contributed by atoms with Crippen molar-refractivity contribution in [1.29, 1.82) is 0 Å². The first-order valence-corrected chi connectivity index (χ1v) is 19.5. The third-order valence-electron chi connectivity index (χ3n) is 10.5. The first-order chi connectivity index (χ1) is 25.9. The van der Waals surface area contributed by atoms with E-state index in [4.69, 9.17) is 18.6 Å². The summed E-state index contributed by atoms with van der Waals surface area (Å²) >= 11 is 0. The molecule has 0 radical (unpaired) electrons. The van der Waals surface area contributed by atoms with Crippen LogP contribution in [0.1, 0.15) is 74.2 Å². The van der Waals surface area contributed by atoms with Gasteiger partial charge in [0.05, 0.1) is 17.1 Å². The predicted molar refractivity (Wildman–Crippen MR) is 197 cm³/mol. The molecule has 3 aromatic carbocycles. The van der Waals surface area contributed by atoms with Crippen molar-refractivity contribution in [3.05, 3.63) is 113 Å².